The largest absolute Gasteiger partial charge is 0.309 e. The van der Waals surface area contributed by atoms with Crippen LogP contribution in [0.5, 0.6) is 0 Å². The molecule has 0 aromatic heterocycles. The lowest BCUT2D eigenvalue weighted by atomic mass is 10.1. The third-order valence-electron chi connectivity index (χ3n) is 3.19. The monoisotopic (exact) mass is 269 g/mol. The van der Waals surface area contributed by atoms with Gasteiger partial charge in [-0.05, 0) is 24.5 Å². The van der Waals surface area contributed by atoms with Crippen molar-refractivity contribution in [3.8, 4) is 0 Å². The molecule has 0 aliphatic carbocycles. The first-order chi connectivity index (χ1) is 8.48. The van der Waals surface area contributed by atoms with Gasteiger partial charge in [0.2, 0.25) is 0 Å². The summed E-state index contributed by atoms with van der Waals surface area (Å²) < 4.78 is 22.7. The molecule has 0 aliphatic rings. The average molecular weight is 269 g/mol. The number of hydrogen-bond acceptors (Lipinski definition) is 3. The normalized spacial score (nSPS) is 13.5. The molecule has 0 amide bonds. The average Bonchev–Trinajstić information content (AvgIpc) is 2.38. The maximum absolute atomic E-state index is 11.4. The molecule has 0 spiro atoms. The summed E-state index contributed by atoms with van der Waals surface area (Å²) in [4.78, 5) is 0. The van der Waals surface area contributed by atoms with E-state index in [9.17, 15) is 8.42 Å². The van der Waals surface area contributed by atoms with Gasteiger partial charge in [-0.15, -0.1) is 0 Å². The summed E-state index contributed by atoms with van der Waals surface area (Å²) in [5.41, 5.74) is 2.51. The summed E-state index contributed by atoms with van der Waals surface area (Å²) in [5, 5.41) is 3.25. The van der Waals surface area contributed by atoms with Gasteiger partial charge in [-0.1, -0.05) is 38.1 Å². The molecular weight excluding hydrogens is 246 g/mol. The Kier molecular flexibility index (Phi) is 5.82. The minimum Gasteiger partial charge on any atom is -0.309 e. The molecule has 4 heteroatoms. The Morgan fingerprint density at radius 1 is 1.17 bits per heavy atom. The number of benzene rings is 1. The van der Waals surface area contributed by atoms with Gasteiger partial charge in [-0.2, -0.15) is 0 Å². The molecule has 0 radical (unpaired) electrons. The van der Waals surface area contributed by atoms with Crippen LogP contribution >= 0.6 is 0 Å². The highest BCUT2D eigenvalue weighted by atomic mass is 32.2. The summed E-state index contributed by atoms with van der Waals surface area (Å²) in [6.07, 6.45) is 1.04. The summed E-state index contributed by atoms with van der Waals surface area (Å²) >= 11 is 0. The van der Waals surface area contributed by atoms with Gasteiger partial charge in [0, 0.05) is 18.3 Å². The quantitative estimate of drug-likeness (QED) is 0.826. The standard InChI is InChI=1S/C14H23NO2S/c1-4-13-6-8-14(9-7-13)12(3)15-10-11-18(16,17)5-2/h6-9,12,15H,4-5,10-11H2,1-3H3. The maximum atomic E-state index is 11.4. The Bertz CT molecular complexity index is 451. The van der Waals surface area contributed by atoms with Crippen LogP contribution in [0.2, 0.25) is 0 Å². The van der Waals surface area contributed by atoms with Crippen LogP contribution in [0.4, 0.5) is 0 Å². The van der Waals surface area contributed by atoms with Crippen LogP contribution < -0.4 is 5.32 Å². The van der Waals surface area contributed by atoms with Crippen LogP contribution in [-0.2, 0) is 16.3 Å². The van der Waals surface area contributed by atoms with Gasteiger partial charge in [0.05, 0.1) is 5.75 Å². The number of aryl methyl sites for hydroxylation is 1. The molecule has 1 atom stereocenters. The highest BCUT2D eigenvalue weighted by Crippen LogP contribution is 2.13. The molecule has 0 bridgehead atoms. The van der Waals surface area contributed by atoms with Crippen LogP contribution in [0.1, 0.15) is 37.9 Å². The first kappa shape index (κ1) is 15.2. The van der Waals surface area contributed by atoms with E-state index >= 15 is 0 Å². The third-order valence-corrected chi connectivity index (χ3v) is 4.90. The van der Waals surface area contributed by atoms with Gasteiger partial charge >= 0.3 is 0 Å². The van der Waals surface area contributed by atoms with Gasteiger partial charge < -0.3 is 5.32 Å². The summed E-state index contributed by atoms with van der Waals surface area (Å²) in [6.45, 7) is 6.38. The fourth-order valence-corrected chi connectivity index (χ4v) is 2.45. The maximum Gasteiger partial charge on any atom is 0.151 e. The second kappa shape index (κ2) is 6.90. The van der Waals surface area contributed by atoms with Crippen molar-refractivity contribution < 1.29 is 8.42 Å². The summed E-state index contributed by atoms with van der Waals surface area (Å²) in [6, 6.07) is 8.63. The highest BCUT2D eigenvalue weighted by Gasteiger charge is 2.09. The van der Waals surface area contributed by atoms with Crippen LogP contribution in [0.3, 0.4) is 0 Å². The molecule has 1 aromatic carbocycles. The smallest absolute Gasteiger partial charge is 0.151 e. The zero-order valence-electron chi connectivity index (χ0n) is 11.4. The van der Waals surface area contributed by atoms with Crippen molar-refractivity contribution in [1.29, 1.82) is 0 Å². The van der Waals surface area contributed by atoms with E-state index in [1.165, 1.54) is 11.1 Å². The van der Waals surface area contributed by atoms with E-state index in [0.717, 1.165) is 6.42 Å². The molecule has 1 N–H and O–H groups in total. The molecule has 0 saturated carbocycles. The number of hydrogen-bond donors (Lipinski definition) is 1. The Morgan fingerprint density at radius 3 is 2.28 bits per heavy atom. The van der Waals surface area contributed by atoms with Crippen LogP contribution in [-0.4, -0.2) is 26.5 Å². The molecule has 0 fully saturated rings. The van der Waals surface area contributed by atoms with E-state index in [2.05, 4.69) is 43.4 Å². The SMILES string of the molecule is CCc1ccc(C(C)NCCS(=O)(=O)CC)cc1. The molecule has 1 aromatic rings. The first-order valence-electron chi connectivity index (χ1n) is 6.51. The van der Waals surface area contributed by atoms with E-state index in [-0.39, 0.29) is 17.5 Å². The number of sulfone groups is 1. The van der Waals surface area contributed by atoms with Gasteiger partial charge in [0.1, 0.15) is 0 Å². The van der Waals surface area contributed by atoms with Crippen molar-refractivity contribution in [2.45, 2.75) is 33.2 Å². The molecule has 3 nitrogen and oxygen atoms in total. The van der Waals surface area contributed by atoms with E-state index in [1.807, 2.05) is 0 Å². The molecule has 1 unspecified atom stereocenters. The molecule has 1 rings (SSSR count). The minimum atomic E-state index is -2.87. The molecule has 0 saturated heterocycles. The van der Waals surface area contributed by atoms with Crippen molar-refractivity contribution in [3.05, 3.63) is 35.4 Å². The lowest BCUT2D eigenvalue weighted by molar-refractivity contribution is 0.573. The zero-order valence-corrected chi connectivity index (χ0v) is 12.3. The summed E-state index contributed by atoms with van der Waals surface area (Å²) in [5.74, 6) is 0.426. The predicted octanol–water partition coefficient (Wildman–Crippen LogP) is 2.33. The minimum absolute atomic E-state index is 0.183. The number of rotatable bonds is 7. The Morgan fingerprint density at radius 2 is 1.78 bits per heavy atom. The zero-order chi connectivity index (χ0) is 13.6. The molecular formula is C14H23NO2S. The molecule has 102 valence electrons. The molecule has 0 aliphatic heterocycles. The van der Waals surface area contributed by atoms with Crippen LogP contribution in [0.15, 0.2) is 24.3 Å². The molecule has 0 heterocycles. The second-order valence-corrected chi connectivity index (χ2v) is 6.98. The van der Waals surface area contributed by atoms with E-state index < -0.39 is 9.84 Å². The van der Waals surface area contributed by atoms with Gasteiger partial charge in [0.25, 0.3) is 0 Å². The van der Waals surface area contributed by atoms with Crippen LogP contribution in [0.25, 0.3) is 0 Å². The van der Waals surface area contributed by atoms with E-state index in [0.29, 0.717) is 6.54 Å². The van der Waals surface area contributed by atoms with Crippen molar-refractivity contribution in [3.63, 3.8) is 0 Å². The van der Waals surface area contributed by atoms with Crippen LogP contribution in [0, 0.1) is 0 Å². The van der Waals surface area contributed by atoms with Gasteiger partial charge in [-0.3, -0.25) is 0 Å². The summed E-state index contributed by atoms with van der Waals surface area (Å²) in [7, 11) is -2.87. The van der Waals surface area contributed by atoms with E-state index in [1.54, 1.807) is 6.92 Å². The lowest BCUT2D eigenvalue weighted by Gasteiger charge is -2.14. The second-order valence-electron chi connectivity index (χ2n) is 4.51. The fraction of sp³-hybridized carbons (Fsp3) is 0.571. The Hall–Kier alpha value is -0.870. The highest BCUT2D eigenvalue weighted by molar-refractivity contribution is 7.91. The fourth-order valence-electron chi connectivity index (χ4n) is 1.74. The lowest BCUT2D eigenvalue weighted by Crippen LogP contribution is -2.26. The Balaban J connectivity index is 2.47. The topological polar surface area (TPSA) is 46.2 Å². The first-order valence-corrected chi connectivity index (χ1v) is 8.33. The van der Waals surface area contributed by atoms with Crippen molar-refractivity contribution in [1.82, 2.24) is 5.32 Å². The Labute approximate surface area is 111 Å². The number of nitrogens with one attached hydrogen (secondary N) is 1. The van der Waals surface area contributed by atoms with E-state index in [4.69, 9.17) is 0 Å². The van der Waals surface area contributed by atoms with Gasteiger partial charge in [0.15, 0.2) is 9.84 Å². The van der Waals surface area contributed by atoms with Gasteiger partial charge in [-0.25, -0.2) is 8.42 Å². The third kappa shape index (κ3) is 4.78. The molecule has 18 heavy (non-hydrogen) atoms. The predicted molar refractivity (Wildman–Crippen MR) is 76.6 cm³/mol. The van der Waals surface area contributed by atoms with Crippen molar-refractivity contribution in [2.75, 3.05) is 18.1 Å². The van der Waals surface area contributed by atoms with Crippen molar-refractivity contribution in [2.24, 2.45) is 0 Å². The van der Waals surface area contributed by atoms with Crippen molar-refractivity contribution >= 4 is 9.84 Å².